The van der Waals surface area contributed by atoms with Gasteiger partial charge in [-0.15, -0.1) is 0 Å². The van der Waals surface area contributed by atoms with E-state index in [1.807, 2.05) is 13.0 Å². The lowest BCUT2D eigenvalue weighted by Gasteiger charge is -2.19. The van der Waals surface area contributed by atoms with Crippen LogP contribution in [-0.2, 0) is 16.0 Å². The zero-order chi connectivity index (χ0) is 18.1. The van der Waals surface area contributed by atoms with Crippen molar-refractivity contribution in [3.8, 4) is 0 Å². The number of benzene rings is 1. The van der Waals surface area contributed by atoms with Crippen LogP contribution in [0.2, 0.25) is 0 Å². The number of amides is 1. The van der Waals surface area contributed by atoms with Crippen molar-refractivity contribution < 1.29 is 23.5 Å². The van der Waals surface area contributed by atoms with Gasteiger partial charge >= 0.3 is 12.1 Å². The van der Waals surface area contributed by atoms with E-state index < -0.39 is 17.7 Å². The Morgan fingerprint density at radius 3 is 2.54 bits per heavy atom. The van der Waals surface area contributed by atoms with Crippen LogP contribution in [0.5, 0.6) is 0 Å². The quantitative estimate of drug-likeness (QED) is 0.780. The van der Waals surface area contributed by atoms with Crippen molar-refractivity contribution in [2.75, 3.05) is 7.11 Å². The van der Waals surface area contributed by atoms with Gasteiger partial charge in [0, 0.05) is 5.39 Å². The fourth-order valence-corrected chi connectivity index (χ4v) is 2.72. The number of fused-ring (bicyclic) bond motifs is 1. The number of carbonyl (C=O) groups is 2. The third-order valence-corrected chi connectivity index (χ3v) is 4.01. The van der Waals surface area contributed by atoms with Crippen LogP contribution in [0.1, 0.15) is 42.5 Å². The van der Waals surface area contributed by atoms with E-state index in [0.717, 1.165) is 10.9 Å². The number of methoxy groups -OCH3 is 1. The molecule has 7 heteroatoms. The molecule has 130 valence electrons. The normalized spacial score (nSPS) is 11.4. The second-order valence-electron chi connectivity index (χ2n) is 6.38. The molecule has 0 atom stereocenters. The first-order valence-electron chi connectivity index (χ1n) is 7.39. The third-order valence-electron chi connectivity index (χ3n) is 3.14. The van der Waals surface area contributed by atoms with Crippen LogP contribution in [0.3, 0.4) is 0 Å². The Balaban J connectivity index is 2.31. The predicted octanol–water partition coefficient (Wildman–Crippen LogP) is 4.32. The summed E-state index contributed by atoms with van der Waals surface area (Å²) in [6.07, 6.45) is -0.542. The highest BCUT2D eigenvalue weighted by atomic mass is 79.9. The number of ether oxygens (including phenoxy) is 2. The van der Waals surface area contributed by atoms with E-state index in [1.165, 1.54) is 7.11 Å². The lowest BCUT2D eigenvalue weighted by atomic mass is 10.1. The molecule has 1 heterocycles. The molecule has 0 spiro atoms. The molecule has 0 aliphatic carbocycles. The van der Waals surface area contributed by atoms with Crippen LogP contribution in [0.15, 0.2) is 21.0 Å². The smallest absolute Gasteiger partial charge is 0.408 e. The second kappa shape index (κ2) is 6.84. The molecule has 0 fully saturated rings. The van der Waals surface area contributed by atoms with Gasteiger partial charge in [0.15, 0.2) is 0 Å². The van der Waals surface area contributed by atoms with Gasteiger partial charge in [0.1, 0.15) is 22.5 Å². The van der Waals surface area contributed by atoms with E-state index in [-0.39, 0.29) is 6.54 Å². The second-order valence-corrected chi connectivity index (χ2v) is 7.17. The molecule has 0 saturated heterocycles. The molecule has 24 heavy (non-hydrogen) atoms. The molecule has 0 radical (unpaired) electrons. The molecule has 2 aromatic rings. The van der Waals surface area contributed by atoms with E-state index in [1.54, 1.807) is 26.8 Å². The SMILES string of the molecule is COC(=O)c1cc(C)cc2c(Br)c(CNC(=O)OC(C)(C)C)oc12. The van der Waals surface area contributed by atoms with Crippen molar-refractivity contribution in [1.29, 1.82) is 0 Å². The van der Waals surface area contributed by atoms with Crippen molar-refractivity contribution in [2.45, 2.75) is 39.8 Å². The van der Waals surface area contributed by atoms with Gasteiger partial charge in [-0.25, -0.2) is 9.59 Å². The molecule has 0 aliphatic heterocycles. The fraction of sp³-hybridized carbons (Fsp3) is 0.412. The average Bonchev–Trinajstić information content (AvgIpc) is 2.78. The Hall–Kier alpha value is -2.02. The molecular formula is C17H20BrNO5. The van der Waals surface area contributed by atoms with Gasteiger partial charge in [0.05, 0.1) is 18.1 Å². The van der Waals surface area contributed by atoms with Crippen LogP contribution in [0.4, 0.5) is 4.79 Å². The predicted molar refractivity (Wildman–Crippen MR) is 93.1 cm³/mol. The van der Waals surface area contributed by atoms with Crippen molar-refractivity contribution in [3.63, 3.8) is 0 Å². The molecule has 1 amide bonds. The summed E-state index contributed by atoms with van der Waals surface area (Å²) in [5.74, 6) is 0.0169. The monoisotopic (exact) mass is 397 g/mol. The maximum absolute atomic E-state index is 11.9. The molecule has 0 unspecified atom stereocenters. The molecule has 1 aromatic carbocycles. The molecule has 0 aliphatic rings. The fourth-order valence-electron chi connectivity index (χ4n) is 2.21. The maximum Gasteiger partial charge on any atom is 0.408 e. The highest BCUT2D eigenvalue weighted by Crippen LogP contribution is 2.34. The largest absolute Gasteiger partial charge is 0.465 e. The van der Waals surface area contributed by atoms with Crippen LogP contribution >= 0.6 is 15.9 Å². The summed E-state index contributed by atoms with van der Waals surface area (Å²) in [6.45, 7) is 7.37. The van der Waals surface area contributed by atoms with E-state index in [0.29, 0.717) is 21.4 Å². The molecule has 6 nitrogen and oxygen atoms in total. The Morgan fingerprint density at radius 1 is 1.29 bits per heavy atom. The molecule has 1 aromatic heterocycles. The number of esters is 1. The Morgan fingerprint density at radius 2 is 1.96 bits per heavy atom. The molecule has 0 bridgehead atoms. The average molecular weight is 398 g/mol. The highest BCUT2D eigenvalue weighted by molar-refractivity contribution is 9.10. The summed E-state index contributed by atoms with van der Waals surface area (Å²) in [6, 6.07) is 3.60. The Kier molecular flexibility index (Phi) is 5.22. The zero-order valence-electron chi connectivity index (χ0n) is 14.3. The molecule has 0 saturated carbocycles. The lowest BCUT2D eigenvalue weighted by molar-refractivity contribution is 0.0518. The van der Waals surface area contributed by atoms with Crippen LogP contribution in [0, 0.1) is 6.92 Å². The first-order chi connectivity index (χ1) is 11.1. The number of carbonyl (C=O) groups excluding carboxylic acids is 2. The van der Waals surface area contributed by atoms with Gasteiger partial charge < -0.3 is 19.2 Å². The van der Waals surface area contributed by atoms with Crippen molar-refractivity contribution in [3.05, 3.63) is 33.5 Å². The number of alkyl carbamates (subject to hydrolysis) is 1. The highest BCUT2D eigenvalue weighted by Gasteiger charge is 2.21. The van der Waals surface area contributed by atoms with Gasteiger partial charge in [0.2, 0.25) is 0 Å². The number of furan rings is 1. The van der Waals surface area contributed by atoms with E-state index >= 15 is 0 Å². The first kappa shape index (κ1) is 18.3. The van der Waals surface area contributed by atoms with Gasteiger partial charge in [-0.3, -0.25) is 0 Å². The van der Waals surface area contributed by atoms with E-state index in [9.17, 15) is 9.59 Å². The molecule has 2 rings (SSSR count). The Labute approximate surface area is 148 Å². The van der Waals surface area contributed by atoms with Gasteiger partial charge in [-0.05, 0) is 61.3 Å². The van der Waals surface area contributed by atoms with Crippen molar-refractivity contribution >= 4 is 39.0 Å². The van der Waals surface area contributed by atoms with Crippen LogP contribution in [-0.4, -0.2) is 24.8 Å². The minimum atomic E-state index is -0.579. The van der Waals surface area contributed by atoms with E-state index in [4.69, 9.17) is 13.9 Å². The van der Waals surface area contributed by atoms with Crippen LogP contribution in [0.25, 0.3) is 11.0 Å². The summed E-state index contributed by atoms with van der Waals surface area (Å²) in [4.78, 5) is 23.7. The summed E-state index contributed by atoms with van der Waals surface area (Å²) in [5, 5.41) is 3.38. The number of aryl methyl sites for hydroxylation is 1. The molecule has 1 N–H and O–H groups in total. The van der Waals surface area contributed by atoms with Gasteiger partial charge in [-0.1, -0.05) is 0 Å². The minimum Gasteiger partial charge on any atom is -0.465 e. The third kappa shape index (κ3) is 4.08. The summed E-state index contributed by atoms with van der Waals surface area (Å²) in [5.41, 5.74) is 1.08. The standard InChI is InChI=1S/C17H20BrNO5/c1-9-6-10-13(18)12(8-19-16(21)24-17(2,3)4)23-14(10)11(7-9)15(20)22-5/h6-7H,8H2,1-5H3,(H,19,21). The Bertz CT molecular complexity index is 788. The summed E-state index contributed by atoms with van der Waals surface area (Å²) in [7, 11) is 1.32. The summed E-state index contributed by atoms with van der Waals surface area (Å²) >= 11 is 3.46. The number of hydrogen-bond donors (Lipinski definition) is 1. The first-order valence-corrected chi connectivity index (χ1v) is 8.18. The number of rotatable bonds is 3. The van der Waals surface area contributed by atoms with Crippen molar-refractivity contribution in [1.82, 2.24) is 5.32 Å². The van der Waals surface area contributed by atoms with Crippen LogP contribution < -0.4 is 5.32 Å². The van der Waals surface area contributed by atoms with E-state index in [2.05, 4.69) is 21.2 Å². The number of hydrogen-bond acceptors (Lipinski definition) is 5. The minimum absolute atomic E-state index is 0.129. The van der Waals surface area contributed by atoms with Gasteiger partial charge in [0.25, 0.3) is 0 Å². The zero-order valence-corrected chi connectivity index (χ0v) is 15.9. The lowest BCUT2D eigenvalue weighted by Crippen LogP contribution is -2.32. The maximum atomic E-state index is 11.9. The van der Waals surface area contributed by atoms with Crippen molar-refractivity contribution in [2.24, 2.45) is 0 Å². The summed E-state index contributed by atoms with van der Waals surface area (Å²) < 4.78 is 16.4. The topological polar surface area (TPSA) is 77.8 Å². The van der Waals surface area contributed by atoms with Gasteiger partial charge in [-0.2, -0.15) is 0 Å². The number of halogens is 1. The molecular weight excluding hydrogens is 378 g/mol. The number of nitrogens with one attached hydrogen (secondary N) is 1.